The van der Waals surface area contributed by atoms with Crippen molar-refractivity contribution in [2.75, 3.05) is 25.0 Å². The predicted octanol–water partition coefficient (Wildman–Crippen LogP) is 6.37. The Hall–Kier alpha value is -4.08. The largest absolute Gasteiger partial charge is 0.416 e. The number of halogens is 4. The summed E-state index contributed by atoms with van der Waals surface area (Å²) in [6.45, 7) is 3.77. The summed E-state index contributed by atoms with van der Waals surface area (Å²) >= 11 is 0. The topological polar surface area (TPSA) is 59.4 Å². The van der Waals surface area contributed by atoms with Crippen molar-refractivity contribution in [2.45, 2.75) is 38.5 Å². The van der Waals surface area contributed by atoms with Gasteiger partial charge < -0.3 is 10.2 Å². The maximum Gasteiger partial charge on any atom is 0.416 e. The van der Waals surface area contributed by atoms with Crippen LogP contribution in [0.15, 0.2) is 71.8 Å². The number of nitrogens with one attached hydrogen (secondary N) is 1. The number of anilines is 1. The van der Waals surface area contributed by atoms with Gasteiger partial charge >= 0.3 is 12.2 Å². The number of benzene rings is 2. The lowest BCUT2D eigenvalue weighted by atomic mass is 10.0. The van der Waals surface area contributed by atoms with Crippen LogP contribution in [0.5, 0.6) is 0 Å². The van der Waals surface area contributed by atoms with E-state index in [-0.39, 0.29) is 18.3 Å². The van der Waals surface area contributed by atoms with Gasteiger partial charge in [0.05, 0.1) is 11.6 Å². The van der Waals surface area contributed by atoms with E-state index in [1.807, 2.05) is 30.3 Å². The first kappa shape index (κ1) is 28.5. The second-order valence-electron chi connectivity index (χ2n) is 9.10. The molecule has 0 radical (unpaired) electrons. The van der Waals surface area contributed by atoms with Gasteiger partial charge in [-0.2, -0.15) is 18.4 Å². The Morgan fingerprint density at radius 1 is 1.21 bits per heavy atom. The lowest BCUT2D eigenvalue weighted by molar-refractivity contribution is -0.137. The van der Waals surface area contributed by atoms with E-state index in [1.54, 1.807) is 24.0 Å². The molecule has 2 aromatic carbocycles. The van der Waals surface area contributed by atoms with Crippen LogP contribution in [0.25, 0.3) is 0 Å². The van der Waals surface area contributed by atoms with Crippen LogP contribution < -0.4 is 5.32 Å². The Labute approximate surface area is 220 Å². The zero-order valence-corrected chi connectivity index (χ0v) is 20.9. The normalized spacial score (nSPS) is 15.4. The lowest BCUT2D eigenvalue weighted by Crippen LogP contribution is -2.48. The Morgan fingerprint density at radius 2 is 1.89 bits per heavy atom. The number of urea groups is 1. The van der Waals surface area contributed by atoms with Crippen LogP contribution in [0, 0.1) is 29.5 Å². The first-order valence-electron chi connectivity index (χ1n) is 12.0. The maximum absolute atomic E-state index is 13.9. The van der Waals surface area contributed by atoms with Gasteiger partial charge in [0.15, 0.2) is 0 Å². The SMILES string of the molecule is C#C/C=C(\C=C(/C)C#N)CN1CCC(N(Cc2ccccc2)C(=O)Nc2cc(F)cc(C(F)(F)F)c2)CC1. The highest BCUT2D eigenvalue weighted by molar-refractivity contribution is 5.89. The van der Waals surface area contributed by atoms with Crippen LogP contribution in [-0.2, 0) is 12.7 Å². The molecule has 1 heterocycles. The zero-order chi connectivity index (χ0) is 27.7. The summed E-state index contributed by atoms with van der Waals surface area (Å²) in [5.41, 5.74) is 0.791. The molecule has 5 nitrogen and oxygen atoms in total. The predicted molar refractivity (Wildman–Crippen MR) is 138 cm³/mol. The highest BCUT2D eigenvalue weighted by Gasteiger charge is 2.32. The zero-order valence-electron chi connectivity index (χ0n) is 20.9. The number of carbonyl (C=O) groups is 1. The minimum atomic E-state index is -4.74. The van der Waals surface area contributed by atoms with Gasteiger partial charge in [-0.1, -0.05) is 36.3 Å². The first-order valence-corrected chi connectivity index (χ1v) is 12.0. The molecule has 1 fully saturated rings. The number of rotatable bonds is 7. The Kier molecular flexibility index (Phi) is 9.70. The monoisotopic (exact) mass is 524 g/mol. The molecule has 0 aliphatic carbocycles. The number of nitrogens with zero attached hydrogens (tertiary/aromatic N) is 3. The van der Waals surface area contributed by atoms with Crippen molar-refractivity contribution in [3.63, 3.8) is 0 Å². The Balaban J connectivity index is 1.76. The van der Waals surface area contributed by atoms with Gasteiger partial charge in [-0.15, -0.1) is 6.42 Å². The number of hydrogen-bond donors (Lipinski definition) is 1. The van der Waals surface area contributed by atoms with E-state index in [9.17, 15) is 22.4 Å². The van der Waals surface area contributed by atoms with Crippen LogP contribution in [0.1, 0.15) is 30.9 Å². The maximum atomic E-state index is 13.9. The van der Waals surface area contributed by atoms with Crippen LogP contribution in [0.4, 0.5) is 28.0 Å². The average Bonchev–Trinajstić information content (AvgIpc) is 2.87. The van der Waals surface area contributed by atoms with Gasteiger partial charge in [0, 0.05) is 43.5 Å². The van der Waals surface area contributed by atoms with E-state index in [2.05, 4.69) is 22.2 Å². The number of likely N-dealkylation sites (tertiary alicyclic amines) is 1. The van der Waals surface area contributed by atoms with Crippen molar-refractivity contribution in [3.8, 4) is 18.4 Å². The summed E-state index contributed by atoms with van der Waals surface area (Å²) in [5, 5.41) is 11.5. The molecule has 0 aromatic heterocycles. The third-order valence-electron chi connectivity index (χ3n) is 6.18. The van der Waals surface area contributed by atoms with Crippen molar-refractivity contribution in [2.24, 2.45) is 0 Å². The van der Waals surface area contributed by atoms with E-state index < -0.39 is 23.6 Å². The molecule has 0 unspecified atom stereocenters. The van der Waals surface area contributed by atoms with Gasteiger partial charge in [-0.05, 0) is 61.3 Å². The molecule has 38 heavy (non-hydrogen) atoms. The van der Waals surface area contributed by atoms with Crippen LogP contribution in [0.2, 0.25) is 0 Å². The third kappa shape index (κ3) is 8.22. The van der Waals surface area contributed by atoms with Crippen molar-refractivity contribution in [1.82, 2.24) is 9.80 Å². The summed E-state index contributed by atoms with van der Waals surface area (Å²) in [6.07, 6.45) is 5.28. The van der Waals surface area contributed by atoms with Gasteiger partial charge in [0.1, 0.15) is 5.82 Å². The minimum Gasteiger partial charge on any atom is -0.317 e. The molecule has 1 saturated heterocycles. The van der Waals surface area contributed by atoms with Crippen LogP contribution >= 0.6 is 0 Å². The number of allylic oxidation sites excluding steroid dienone is 2. The molecule has 1 aliphatic rings. The number of piperidine rings is 1. The van der Waals surface area contributed by atoms with Gasteiger partial charge in [0.25, 0.3) is 0 Å². The number of carbonyl (C=O) groups excluding carboxylic acids is 1. The lowest BCUT2D eigenvalue weighted by Gasteiger charge is -2.38. The summed E-state index contributed by atoms with van der Waals surface area (Å²) < 4.78 is 53.4. The standard InChI is InChI=1S/C29H28F4N4O/c1-3-7-23(14-21(2)18-34)19-36-12-10-27(11-13-36)37(20-22-8-5-4-6-9-22)28(38)35-26-16-24(29(31,32)33)15-25(30)17-26/h1,4-9,14-17,27H,10-13,19-20H2,2H3,(H,35,38)/b21-14+,23-7+. The van der Waals surface area contributed by atoms with Crippen molar-refractivity contribution in [1.29, 1.82) is 5.26 Å². The minimum absolute atomic E-state index is 0.196. The Bertz CT molecular complexity index is 1260. The molecule has 9 heteroatoms. The summed E-state index contributed by atoms with van der Waals surface area (Å²) in [6, 6.07) is 12.5. The molecular weight excluding hydrogens is 496 g/mol. The van der Waals surface area contributed by atoms with Gasteiger partial charge in [-0.25, -0.2) is 9.18 Å². The molecule has 0 spiro atoms. The summed E-state index contributed by atoms with van der Waals surface area (Å²) in [5.74, 6) is 1.41. The number of hydrogen-bond acceptors (Lipinski definition) is 3. The molecule has 0 atom stereocenters. The number of terminal acetylenes is 1. The quantitative estimate of drug-likeness (QED) is 0.198. The van der Waals surface area contributed by atoms with Gasteiger partial charge in [-0.3, -0.25) is 4.90 Å². The van der Waals surface area contributed by atoms with E-state index in [0.717, 1.165) is 23.3 Å². The Morgan fingerprint density at radius 3 is 2.50 bits per heavy atom. The number of alkyl halides is 3. The van der Waals surface area contributed by atoms with Crippen molar-refractivity contribution in [3.05, 3.63) is 88.8 Å². The van der Waals surface area contributed by atoms with Gasteiger partial charge in [0.2, 0.25) is 0 Å². The second-order valence-corrected chi connectivity index (χ2v) is 9.10. The molecule has 1 N–H and O–H groups in total. The third-order valence-corrected chi connectivity index (χ3v) is 6.18. The first-order chi connectivity index (χ1) is 18.1. The van der Waals surface area contributed by atoms with Crippen molar-refractivity contribution < 1.29 is 22.4 Å². The smallest absolute Gasteiger partial charge is 0.317 e. The number of amides is 2. The molecule has 0 bridgehead atoms. The summed E-state index contributed by atoms with van der Waals surface area (Å²) in [7, 11) is 0. The fourth-order valence-corrected chi connectivity index (χ4v) is 4.37. The molecule has 198 valence electrons. The highest BCUT2D eigenvalue weighted by atomic mass is 19.4. The van der Waals surface area contributed by atoms with Crippen LogP contribution in [0.3, 0.4) is 0 Å². The second kappa shape index (κ2) is 12.9. The number of nitriles is 1. The molecule has 2 amide bonds. The highest BCUT2D eigenvalue weighted by Crippen LogP contribution is 2.32. The molecule has 0 saturated carbocycles. The molecule has 2 aromatic rings. The van der Waals surface area contributed by atoms with E-state index >= 15 is 0 Å². The van der Waals surface area contributed by atoms with Crippen LogP contribution in [-0.4, -0.2) is 41.5 Å². The summed E-state index contributed by atoms with van der Waals surface area (Å²) in [4.78, 5) is 17.1. The fraction of sp³-hybridized carbons (Fsp3) is 0.310. The molecule has 3 rings (SSSR count). The molecular formula is C29H28F4N4O. The molecule has 1 aliphatic heterocycles. The van der Waals surface area contributed by atoms with Crippen molar-refractivity contribution >= 4 is 11.7 Å². The van der Waals surface area contributed by atoms with E-state index in [0.29, 0.717) is 44.1 Å². The fourth-order valence-electron chi connectivity index (χ4n) is 4.37. The van der Waals surface area contributed by atoms with E-state index in [4.69, 9.17) is 11.7 Å². The average molecular weight is 525 g/mol. The van der Waals surface area contributed by atoms with E-state index in [1.165, 1.54) is 0 Å².